The van der Waals surface area contributed by atoms with E-state index in [4.69, 9.17) is 5.73 Å². The van der Waals surface area contributed by atoms with E-state index in [2.05, 4.69) is 28.7 Å². The molecule has 1 aliphatic carbocycles. The second-order valence-corrected chi connectivity index (χ2v) is 6.24. The molecule has 1 saturated carbocycles. The van der Waals surface area contributed by atoms with Crippen LogP contribution in [0.5, 0.6) is 0 Å². The van der Waals surface area contributed by atoms with Gasteiger partial charge in [0.05, 0.1) is 11.7 Å². The lowest BCUT2D eigenvalue weighted by atomic mass is 10.0. The zero-order valence-electron chi connectivity index (χ0n) is 12.8. The van der Waals surface area contributed by atoms with Crippen molar-refractivity contribution in [2.45, 2.75) is 58.0 Å². The van der Waals surface area contributed by atoms with Gasteiger partial charge >= 0.3 is 0 Å². The van der Waals surface area contributed by atoms with Gasteiger partial charge in [0.1, 0.15) is 6.33 Å². The summed E-state index contributed by atoms with van der Waals surface area (Å²) in [5.74, 6) is 0.725. The molecule has 1 atom stereocenters. The average molecular weight is 276 g/mol. The molecule has 0 aromatic carbocycles. The van der Waals surface area contributed by atoms with E-state index in [1.807, 2.05) is 12.3 Å². The summed E-state index contributed by atoms with van der Waals surface area (Å²) >= 11 is 0. The fraction of sp³-hybridized carbons (Fsp3) is 0.750. The molecule has 0 amide bonds. The van der Waals surface area contributed by atoms with Gasteiger partial charge in [-0.25, -0.2) is 9.97 Å². The van der Waals surface area contributed by atoms with E-state index < -0.39 is 0 Å². The topological polar surface area (TPSA) is 55.0 Å². The first-order valence-electron chi connectivity index (χ1n) is 7.94. The van der Waals surface area contributed by atoms with Gasteiger partial charge in [-0.1, -0.05) is 26.7 Å². The molecule has 2 N–H and O–H groups in total. The Morgan fingerprint density at radius 1 is 1.35 bits per heavy atom. The van der Waals surface area contributed by atoms with Crippen LogP contribution in [0.15, 0.2) is 18.6 Å². The van der Waals surface area contributed by atoms with Gasteiger partial charge < -0.3 is 5.73 Å². The van der Waals surface area contributed by atoms with Crippen molar-refractivity contribution in [1.82, 2.24) is 14.9 Å². The highest BCUT2D eigenvalue weighted by Gasteiger charge is 2.29. The first-order valence-corrected chi connectivity index (χ1v) is 7.94. The van der Waals surface area contributed by atoms with Crippen LogP contribution in [0.4, 0.5) is 0 Å². The molecule has 1 heterocycles. The van der Waals surface area contributed by atoms with E-state index in [0.29, 0.717) is 12.6 Å². The Hall–Kier alpha value is -1.00. The van der Waals surface area contributed by atoms with Gasteiger partial charge in [-0.05, 0) is 37.8 Å². The van der Waals surface area contributed by atoms with Crippen LogP contribution in [0.2, 0.25) is 0 Å². The van der Waals surface area contributed by atoms with E-state index in [-0.39, 0.29) is 6.04 Å². The molecule has 1 unspecified atom stereocenters. The maximum atomic E-state index is 6.08. The Morgan fingerprint density at radius 2 is 2.10 bits per heavy atom. The summed E-state index contributed by atoms with van der Waals surface area (Å²) in [6.45, 7) is 6.32. The highest BCUT2D eigenvalue weighted by Crippen LogP contribution is 2.30. The molecule has 1 aromatic heterocycles. The SMILES string of the molecule is CC(C)CCN(C1CCCC1)C(CN)c1ccncn1. The summed E-state index contributed by atoms with van der Waals surface area (Å²) < 4.78 is 0. The van der Waals surface area contributed by atoms with Gasteiger partial charge in [0.2, 0.25) is 0 Å². The largest absolute Gasteiger partial charge is 0.329 e. The minimum absolute atomic E-state index is 0.236. The third-order valence-electron chi connectivity index (χ3n) is 4.33. The molecular weight excluding hydrogens is 248 g/mol. The summed E-state index contributed by atoms with van der Waals surface area (Å²) in [7, 11) is 0. The van der Waals surface area contributed by atoms with Crippen LogP contribution >= 0.6 is 0 Å². The van der Waals surface area contributed by atoms with Gasteiger partial charge in [0.15, 0.2) is 0 Å². The number of nitrogens with zero attached hydrogens (tertiary/aromatic N) is 3. The quantitative estimate of drug-likeness (QED) is 0.832. The zero-order valence-corrected chi connectivity index (χ0v) is 12.8. The van der Waals surface area contributed by atoms with Gasteiger partial charge in [-0.2, -0.15) is 0 Å². The normalized spacial score (nSPS) is 18.1. The maximum Gasteiger partial charge on any atom is 0.115 e. The zero-order chi connectivity index (χ0) is 14.4. The van der Waals surface area contributed by atoms with Crippen molar-refractivity contribution < 1.29 is 0 Å². The first kappa shape index (κ1) is 15.4. The van der Waals surface area contributed by atoms with Crippen molar-refractivity contribution in [3.05, 3.63) is 24.3 Å². The fourth-order valence-electron chi connectivity index (χ4n) is 3.16. The molecule has 0 radical (unpaired) electrons. The predicted molar refractivity (Wildman–Crippen MR) is 82.2 cm³/mol. The minimum Gasteiger partial charge on any atom is -0.329 e. The van der Waals surface area contributed by atoms with Gasteiger partial charge in [-0.15, -0.1) is 0 Å². The van der Waals surface area contributed by atoms with Crippen LogP contribution in [0.1, 0.15) is 57.7 Å². The molecule has 4 nitrogen and oxygen atoms in total. The number of nitrogens with two attached hydrogens (primary N) is 1. The van der Waals surface area contributed by atoms with E-state index in [1.54, 1.807) is 6.33 Å². The first-order chi connectivity index (χ1) is 9.72. The Balaban J connectivity index is 2.13. The molecule has 20 heavy (non-hydrogen) atoms. The van der Waals surface area contributed by atoms with Crippen molar-refractivity contribution in [3.63, 3.8) is 0 Å². The van der Waals surface area contributed by atoms with Crippen molar-refractivity contribution in [2.75, 3.05) is 13.1 Å². The summed E-state index contributed by atoms with van der Waals surface area (Å²) in [5.41, 5.74) is 7.15. The van der Waals surface area contributed by atoms with Crippen LogP contribution in [-0.2, 0) is 0 Å². The summed E-state index contributed by atoms with van der Waals surface area (Å²) in [6, 6.07) is 2.92. The number of hydrogen-bond acceptors (Lipinski definition) is 4. The van der Waals surface area contributed by atoms with Crippen molar-refractivity contribution >= 4 is 0 Å². The van der Waals surface area contributed by atoms with Crippen molar-refractivity contribution in [3.8, 4) is 0 Å². The average Bonchev–Trinajstić information content (AvgIpc) is 2.98. The Labute approximate surface area is 122 Å². The molecule has 4 heteroatoms. The van der Waals surface area contributed by atoms with Crippen LogP contribution in [0.25, 0.3) is 0 Å². The lowest BCUT2D eigenvalue weighted by molar-refractivity contribution is 0.128. The molecule has 2 rings (SSSR count). The Bertz CT molecular complexity index is 373. The molecule has 0 saturated heterocycles. The second-order valence-electron chi connectivity index (χ2n) is 6.24. The molecule has 0 bridgehead atoms. The lowest BCUT2D eigenvalue weighted by Gasteiger charge is -2.36. The number of rotatable bonds is 7. The molecule has 0 spiro atoms. The predicted octanol–water partition coefficient (Wildman–Crippen LogP) is 2.77. The fourth-order valence-corrected chi connectivity index (χ4v) is 3.16. The summed E-state index contributed by atoms with van der Waals surface area (Å²) in [5, 5.41) is 0. The van der Waals surface area contributed by atoms with Gasteiger partial charge in [0, 0.05) is 18.8 Å². The molecule has 1 fully saturated rings. The summed E-state index contributed by atoms with van der Waals surface area (Å²) in [6.07, 6.45) is 9.98. The van der Waals surface area contributed by atoms with Crippen LogP contribution in [0, 0.1) is 5.92 Å². The molecule has 112 valence electrons. The Kier molecular flexibility index (Phi) is 5.92. The van der Waals surface area contributed by atoms with Crippen LogP contribution in [0.3, 0.4) is 0 Å². The molecule has 1 aliphatic rings. The molecule has 0 aliphatic heterocycles. The van der Waals surface area contributed by atoms with Crippen LogP contribution in [-0.4, -0.2) is 34.0 Å². The summed E-state index contributed by atoms with van der Waals surface area (Å²) in [4.78, 5) is 11.1. The smallest absolute Gasteiger partial charge is 0.115 e. The molecule has 1 aromatic rings. The van der Waals surface area contributed by atoms with Gasteiger partial charge in [0.25, 0.3) is 0 Å². The maximum absolute atomic E-state index is 6.08. The third-order valence-corrected chi connectivity index (χ3v) is 4.33. The highest BCUT2D eigenvalue weighted by molar-refractivity contribution is 5.07. The van der Waals surface area contributed by atoms with E-state index in [9.17, 15) is 0 Å². The van der Waals surface area contributed by atoms with E-state index >= 15 is 0 Å². The number of aromatic nitrogens is 2. The van der Waals surface area contributed by atoms with Crippen molar-refractivity contribution in [1.29, 1.82) is 0 Å². The monoisotopic (exact) mass is 276 g/mol. The van der Waals surface area contributed by atoms with E-state index in [1.165, 1.54) is 32.1 Å². The lowest BCUT2D eigenvalue weighted by Crippen LogP contribution is -2.41. The molecular formula is C16H28N4. The Morgan fingerprint density at radius 3 is 2.65 bits per heavy atom. The number of hydrogen-bond donors (Lipinski definition) is 1. The minimum atomic E-state index is 0.236. The van der Waals surface area contributed by atoms with Crippen LogP contribution < -0.4 is 5.73 Å². The van der Waals surface area contributed by atoms with E-state index in [0.717, 1.165) is 18.2 Å². The third kappa shape index (κ3) is 4.00. The second kappa shape index (κ2) is 7.70. The van der Waals surface area contributed by atoms with Gasteiger partial charge in [-0.3, -0.25) is 4.90 Å². The highest BCUT2D eigenvalue weighted by atomic mass is 15.2. The standard InChI is InChI=1S/C16H28N4/c1-13(2)8-10-20(14-5-3-4-6-14)16(11-17)15-7-9-18-12-19-15/h7,9,12-14,16H,3-6,8,10-11,17H2,1-2H3. The van der Waals surface area contributed by atoms with Crippen molar-refractivity contribution in [2.24, 2.45) is 11.7 Å².